The Bertz CT molecular complexity index is 1390. The van der Waals surface area contributed by atoms with Crippen molar-refractivity contribution in [2.45, 2.75) is 37.8 Å². The van der Waals surface area contributed by atoms with Crippen molar-refractivity contribution >= 4 is 50.7 Å². The van der Waals surface area contributed by atoms with Crippen molar-refractivity contribution in [3.63, 3.8) is 0 Å². The Morgan fingerprint density at radius 2 is 1.62 bits per heavy atom. The molecule has 0 aliphatic rings. The van der Waals surface area contributed by atoms with Gasteiger partial charge in [0, 0.05) is 13.1 Å². The number of ether oxygens (including phenoxy) is 1. The van der Waals surface area contributed by atoms with Gasteiger partial charge >= 0.3 is 0 Å². The van der Waals surface area contributed by atoms with Crippen molar-refractivity contribution in [3.05, 3.63) is 88.4 Å². The fourth-order valence-electron chi connectivity index (χ4n) is 4.03. The Labute approximate surface area is 239 Å². The molecule has 0 spiro atoms. The normalized spacial score (nSPS) is 11.9. The van der Waals surface area contributed by atoms with Gasteiger partial charge in [0.2, 0.25) is 11.8 Å². The Kier molecular flexibility index (Phi) is 10.6. The third-order valence-corrected chi connectivity index (χ3v) is 8.58. The zero-order valence-electron chi connectivity index (χ0n) is 21.9. The van der Waals surface area contributed by atoms with Gasteiger partial charge in [-0.1, -0.05) is 60.5 Å². The van der Waals surface area contributed by atoms with Gasteiger partial charge in [-0.25, -0.2) is 8.42 Å². The van der Waals surface area contributed by atoms with Crippen LogP contribution in [-0.4, -0.2) is 51.4 Å². The minimum absolute atomic E-state index is 0.00124. The molecule has 208 valence electrons. The van der Waals surface area contributed by atoms with Crippen LogP contribution in [-0.2, 0) is 26.2 Å². The molecule has 0 aliphatic heterocycles. The number of nitrogens with one attached hydrogen (secondary N) is 1. The highest BCUT2D eigenvalue weighted by molar-refractivity contribution is 7.92. The zero-order chi connectivity index (χ0) is 28.6. The average Bonchev–Trinajstić information content (AvgIpc) is 2.94. The zero-order valence-corrected chi connectivity index (χ0v) is 24.3. The SMILES string of the molecule is CCNC(=O)[C@H](CC)N(Cc1ccc(OC)cc1)C(=O)CN(c1ccc(Cl)c(Cl)c1)S(=O)(=O)c1ccccc1. The van der Waals surface area contributed by atoms with Gasteiger partial charge in [0.15, 0.2) is 0 Å². The molecule has 0 aliphatic carbocycles. The summed E-state index contributed by atoms with van der Waals surface area (Å²) in [5.74, 6) is -0.240. The highest BCUT2D eigenvalue weighted by Crippen LogP contribution is 2.31. The number of carbonyl (C=O) groups is 2. The van der Waals surface area contributed by atoms with E-state index in [0.717, 1.165) is 9.87 Å². The fraction of sp³-hybridized carbons (Fsp3) is 0.286. The van der Waals surface area contributed by atoms with Crippen molar-refractivity contribution in [1.29, 1.82) is 0 Å². The van der Waals surface area contributed by atoms with Gasteiger partial charge in [0.1, 0.15) is 18.3 Å². The van der Waals surface area contributed by atoms with Crippen molar-refractivity contribution < 1.29 is 22.7 Å². The molecule has 3 aromatic rings. The van der Waals surface area contributed by atoms with E-state index in [1.165, 1.54) is 35.2 Å². The number of nitrogens with zero attached hydrogens (tertiary/aromatic N) is 2. The second kappa shape index (κ2) is 13.7. The minimum atomic E-state index is -4.19. The van der Waals surface area contributed by atoms with E-state index in [2.05, 4.69) is 5.32 Å². The molecule has 2 amide bonds. The molecule has 0 saturated heterocycles. The van der Waals surface area contributed by atoms with Gasteiger partial charge in [-0.15, -0.1) is 0 Å². The van der Waals surface area contributed by atoms with Gasteiger partial charge in [0.05, 0.1) is 27.7 Å². The second-order valence-corrected chi connectivity index (χ2v) is 11.3. The highest BCUT2D eigenvalue weighted by atomic mass is 35.5. The summed E-state index contributed by atoms with van der Waals surface area (Å²) in [6, 6.07) is 18.4. The Hall–Kier alpha value is -3.27. The maximum Gasteiger partial charge on any atom is 0.264 e. The molecular formula is C28H31Cl2N3O5S. The molecule has 0 fully saturated rings. The van der Waals surface area contributed by atoms with Crippen LogP contribution in [0.1, 0.15) is 25.8 Å². The maximum atomic E-state index is 13.9. The summed E-state index contributed by atoms with van der Waals surface area (Å²) in [5, 5.41) is 3.15. The number of likely N-dealkylation sites (N-methyl/N-ethyl adjacent to an activating group) is 1. The van der Waals surface area contributed by atoms with Gasteiger partial charge in [-0.05, 0) is 61.4 Å². The third-order valence-electron chi connectivity index (χ3n) is 6.05. The second-order valence-electron chi connectivity index (χ2n) is 8.61. The van der Waals surface area contributed by atoms with Gasteiger partial charge in [-0.3, -0.25) is 13.9 Å². The molecule has 39 heavy (non-hydrogen) atoms. The number of hydrogen-bond donors (Lipinski definition) is 1. The number of halogens is 2. The Morgan fingerprint density at radius 1 is 0.949 bits per heavy atom. The van der Waals surface area contributed by atoms with Crippen molar-refractivity contribution in [3.8, 4) is 5.75 Å². The van der Waals surface area contributed by atoms with Crippen LogP contribution in [0.25, 0.3) is 0 Å². The predicted molar refractivity (Wildman–Crippen MR) is 154 cm³/mol. The summed E-state index contributed by atoms with van der Waals surface area (Å²) in [7, 11) is -2.64. The molecule has 3 aromatic carbocycles. The largest absolute Gasteiger partial charge is 0.497 e. The number of methoxy groups -OCH3 is 1. The van der Waals surface area contributed by atoms with Crippen molar-refractivity contribution in [2.24, 2.45) is 0 Å². The Balaban J connectivity index is 2.06. The summed E-state index contributed by atoms with van der Waals surface area (Å²) in [4.78, 5) is 28.3. The number of sulfonamides is 1. The fourth-order valence-corrected chi connectivity index (χ4v) is 5.75. The lowest BCUT2D eigenvalue weighted by Crippen LogP contribution is -2.52. The molecule has 3 rings (SSSR count). The predicted octanol–water partition coefficient (Wildman–Crippen LogP) is 5.14. The summed E-state index contributed by atoms with van der Waals surface area (Å²) >= 11 is 12.3. The van der Waals surface area contributed by atoms with E-state index in [1.807, 2.05) is 0 Å². The topological polar surface area (TPSA) is 96.0 Å². The van der Waals surface area contributed by atoms with Crippen molar-refractivity contribution in [1.82, 2.24) is 10.2 Å². The first-order valence-electron chi connectivity index (χ1n) is 12.3. The molecule has 0 radical (unpaired) electrons. The molecule has 1 atom stereocenters. The number of anilines is 1. The van der Waals surface area contributed by atoms with E-state index >= 15 is 0 Å². The van der Waals surface area contributed by atoms with Crippen LogP contribution in [0.5, 0.6) is 5.75 Å². The van der Waals surface area contributed by atoms with Crippen molar-refractivity contribution in [2.75, 3.05) is 24.5 Å². The number of benzene rings is 3. The first kappa shape index (κ1) is 30.3. The standard InChI is InChI=1S/C28H31Cl2N3O5S/c1-4-26(28(35)31-5-2)32(18-20-11-14-22(38-3)15-12-20)27(34)19-33(21-13-16-24(29)25(30)17-21)39(36,37)23-9-7-6-8-10-23/h6-17,26H,4-5,18-19H2,1-3H3,(H,31,35)/t26-/m0/s1. The molecule has 0 unspecified atom stereocenters. The number of carbonyl (C=O) groups excluding carboxylic acids is 2. The van der Waals surface area contributed by atoms with Crippen LogP contribution in [0.3, 0.4) is 0 Å². The van der Waals surface area contributed by atoms with Crippen LogP contribution in [0.15, 0.2) is 77.7 Å². The molecule has 0 aromatic heterocycles. The molecule has 0 heterocycles. The summed E-state index contributed by atoms with van der Waals surface area (Å²) in [5.41, 5.74) is 0.913. The van der Waals surface area contributed by atoms with E-state index in [-0.39, 0.29) is 33.1 Å². The highest BCUT2D eigenvalue weighted by Gasteiger charge is 2.33. The third kappa shape index (κ3) is 7.44. The molecule has 0 bridgehead atoms. The molecular weight excluding hydrogens is 561 g/mol. The van der Waals surface area contributed by atoms with Gasteiger partial charge in [-0.2, -0.15) is 0 Å². The monoisotopic (exact) mass is 591 g/mol. The van der Waals surface area contributed by atoms with Gasteiger partial charge < -0.3 is 15.0 Å². The first-order valence-corrected chi connectivity index (χ1v) is 14.5. The van der Waals surface area contributed by atoms with Gasteiger partial charge in [0.25, 0.3) is 10.0 Å². The summed E-state index contributed by atoms with van der Waals surface area (Å²) in [6.45, 7) is 3.49. The van der Waals surface area contributed by atoms with E-state index < -0.39 is 28.5 Å². The lowest BCUT2D eigenvalue weighted by Gasteiger charge is -2.33. The first-order chi connectivity index (χ1) is 18.6. The van der Waals surface area contributed by atoms with E-state index in [9.17, 15) is 18.0 Å². The quantitative estimate of drug-likeness (QED) is 0.314. The Morgan fingerprint density at radius 3 is 2.18 bits per heavy atom. The van der Waals surface area contributed by atoms with Crippen LogP contribution in [0.2, 0.25) is 10.0 Å². The average molecular weight is 593 g/mol. The minimum Gasteiger partial charge on any atom is -0.497 e. The van der Waals surface area contributed by atoms with E-state index in [1.54, 1.807) is 63.4 Å². The molecule has 11 heteroatoms. The number of hydrogen-bond acceptors (Lipinski definition) is 5. The molecule has 0 saturated carbocycles. The lowest BCUT2D eigenvalue weighted by molar-refractivity contribution is -0.140. The van der Waals surface area contributed by atoms with E-state index in [0.29, 0.717) is 18.7 Å². The van der Waals surface area contributed by atoms with Crippen LogP contribution in [0, 0.1) is 0 Å². The van der Waals surface area contributed by atoms with E-state index in [4.69, 9.17) is 27.9 Å². The maximum absolute atomic E-state index is 13.9. The summed E-state index contributed by atoms with van der Waals surface area (Å²) < 4.78 is 33.8. The lowest BCUT2D eigenvalue weighted by atomic mass is 10.1. The number of amides is 2. The molecule has 8 nitrogen and oxygen atoms in total. The number of rotatable bonds is 12. The van der Waals surface area contributed by atoms with Crippen LogP contribution < -0.4 is 14.4 Å². The molecule has 1 N–H and O–H groups in total. The summed E-state index contributed by atoms with van der Waals surface area (Å²) in [6.07, 6.45) is 0.325. The van der Waals surface area contributed by atoms with Crippen LogP contribution >= 0.6 is 23.2 Å². The smallest absolute Gasteiger partial charge is 0.264 e. The van der Waals surface area contributed by atoms with Crippen LogP contribution in [0.4, 0.5) is 5.69 Å².